The lowest BCUT2D eigenvalue weighted by atomic mass is 10.2. The highest BCUT2D eigenvalue weighted by Gasteiger charge is 2.10. The Morgan fingerprint density at radius 1 is 1.17 bits per heavy atom. The molecule has 0 atom stereocenters. The second kappa shape index (κ2) is 4.59. The normalized spacial score (nSPS) is 10.9. The van der Waals surface area contributed by atoms with Crippen LogP contribution >= 0.6 is 23.1 Å². The van der Waals surface area contributed by atoms with Gasteiger partial charge in [0.25, 0.3) is 0 Å². The molecule has 3 aromatic rings. The molecule has 2 heterocycles. The molecule has 18 heavy (non-hydrogen) atoms. The molecule has 5 heteroatoms. The van der Waals surface area contributed by atoms with E-state index < -0.39 is 0 Å². The van der Waals surface area contributed by atoms with Crippen LogP contribution in [0.15, 0.2) is 40.6 Å². The van der Waals surface area contributed by atoms with Gasteiger partial charge in [0, 0.05) is 10.5 Å². The summed E-state index contributed by atoms with van der Waals surface area (Å²) >= 11 is 3.27. The molecule has 2 N–H and O–H groups in total. The van der Waals surface area contributed by atoms with Gasteiger partial charge in [0.05, 0.1) is 5.39 Å². The molecular weight excluding hydrogens is 262 g/mol. The van der Waals surface area contributed by atoms with Crippen LogP contribution in [0.3, 0.4) is 0 Å². The minimum atomic E-state index is 0.548. The summed E-state index contributed by atoms with van der Waals surface area (Å²) in [5.74, 6) is 1.25. The van der Waals surface area contributed by atoms with Gasteiger partial charge in [0.2, 0.25) is 0 Å². The molecule has 0 aliphatic carbocycles. The van der Waals surface area contributed by atoms with E-state index >= 15 is 0 Å². The van der Waals surface area contributed by atoms with Crippen molar-refractivity contribution >= 4 is 39.1 Å². The number of rotatable bonds is 2. The second-order valence-electron chi connectivity index (χ2n) is 3.77. The molecule has 0 amide bonds. The number of thioether (sulfide) groups is 1. The largest absolute Gasteiger partial charge is 0.383 e. The van der Waals surface area contributed by atoms with Crippen molar-refractivity contribution in [2.24, 2.45) is 0 Å². The maximum absolute atomic E-state index is 5.98. The van der Waals surface area contributed by atoms with Crippen molar-refractivity contribution in [2.45, 2.75) is 4.90 Å². The molecule has 3 rings (SSSR count). The molecule has 0 saturated carbocycles. The van der Waals surface area contributed by atoms with Crippen molar-refractivity contribution in [1.29, 1.82) is 0 Å². The van der Waals surface area contributed by atoms with Crippen LogP contribution in [0.4, 0.5) is 5.82 Å². The lowest BCUT2D eigenvalue weighted by Gasteiger charge is -2.06. The van der Waals surface area contributed by atoms with E-state index in [1.54, 1.807) is 23.1 Å². The number of hydrogen-bond acceptors (Lipinski definition) is 5. The minimum Gasteiger partial charge on any atom is -0.383 e. The van der Waals surface area contributed by atoms with Crippen molar-refractivity contribution in [2.75, 3.05) is 12.0 Å². The van der Waals surface area contributed by atoms with Crippen molar-refractivity contribution in [3.63, 3.8) is 0 Å². The Morgan fingerprint density at radius 2 is 2.00 bits per heavy atom. The number of nitrogen functional groups attached to an aromatic ring is 1. The van der Waals surface area contributed by atoms with Crippen LogP contribution in [0.5, 0.6) is 0 Å². The predicted molar refractivity (Wildman–Crippen MR) is 79.0 cm³/mol. The van der Waals surface area contributed by atoms with Crippen LogP contribution in [0.1, 0.15) is 0 Å². The monoisotopic (exact) mass is 273 g/mol. The van der Waals surface area contributed by atoms with Gasteiger partial charge in [-0.05, 0) is 23.8 Å². The Labute approximate surface area is 113 Å². The summed E-state index contributed by atoms with van der Waals surface area (Å²) in [6, 6.07) is 10.1. The second-order valence-corrected chi connectivity index (χ2v) is 5.51. The number of thiophene rings is 1. The third-order valence-corrected chi connectivity index (χ3v) is 4.30. The number of anilines is 1. The Balaban J connectivity index is 2.25. The first kappa shape index (κ1) is 11.5. The number of fused-ring (bicyclic) bond motifs is 1. The molecule has 0 aliphatic heterocycles. The molecule has 0 radical (unpaired) electrons. The van der Waals surface area contributed by atoms with E-state index in [4.69, 9.17) is 5.73 Å². The molecule has 2 aromatic heterocycles. The van der Waals surface area contributed by atoms with E-state index in [1.807, 2.05) is 35.9 Å². The van der Waals surface area contributed by atoms with E-state index in [1.165, 1.54) is 0 Å². The van der Waals surface area contributed by atoms with Crippen LogP contribution in [-0.2, 0) is 0 Å². The fourth-order valence-electron chi connectivity index (χ4n) is 1.83. The zero-order valence-corrected chi connectivity index (χ0v) is 11.4. The first-order valence-corrected chi connectivity index (χ1v) is 7.54. The maximum atomic E-state index is 5.98. The SMILES string of the molecule is CSc1ccccc1-c1nc(N)c2ccsc2n1. The van der Waals surface area contributed by atoms with Crippen molar-refractivity contribution < 1.29 is 0 Å². The number of hydrogen-bond donors (Lipinski definition) is 1. The van der Waals surface area contributed by atoms with Crippen LogP contribution in [0.2, 0.25) is 0 Å². The third kappa shape index (κ3) is 1.85. The molecule has 90 valence electrons. The third-order valence-electron chi connectivity index (χ3n) is 2.70. The Kier molecular flexibility index (Phi) is 2.93. The van der Waals surface area contributed by atoms with E-state index in [9.17, 15) is 0 Å². The van der Waals surface area contributed by atoms with Crippen molar-refractivity contribution in [3.8, 4) is 11.4 Å². The highest BCUT2D eigenvalue weighted by Crippen LogP contribution is 2.31. The first-order valence-electron chi connectivity index (χ1n) is 5.43. The highest BCUT2D eigenvalue weighted by molar-refractivity contribution is 7.98. The summed E-state index contributed by atoms with van der Waals surface area (Å²) in [6.45, 7) is 0. The van der Waals surface area contributed by atoms with Gasteiger partial charge in [-0.25, -0.2) is 9.97 Å². The molecule has 0 aliphatic rings. The minimum absolute atomic E-state index is 0.548. The lowest BCUT2D eigenvalue weighted by molar-refractivity contribution is 1.22. The topological polar surface area (TPSA) is 51.8 Å². The van der Waals surface area contributed by atoms with Gasteiger partial charge in [0.15, 0.2) is 5.82 Å². The molecule has 0 bridgehead atoms. The predicted octanol–water partition coefficient (Wildman–Crippen LogP) is 3.66. The summed E-state index contributed by atoms with van der Waals surface area (Å²) in [6.07, 6.45) is 2.05. The maximum Gasteiger partial charge on any atom is 0.164 e. The standard InChI is InChI=1S/C13H11N3S2/c1-17-10-5-3-2-4-8(10)12-15-11(14)9-6-7-18-13(9)16-12/h2-7H,1H3,(H2,14,15,16). The van der Waals surface area contributed by atoms with Gasteiger partial charge in [-0.3, -0.25) is 0 Å². The molecule has 0 saturated heterocycles. The fraction of sp³-hybridized carbons (Fsp3) is 0.0769. The van der Waals surface area contributed by atoms with E-state index in [0.717, 1.165) is 20.7 Å². The Bertz CT molecular complexity index is 706. The number of benzene rings is 1. The van der Waals surface area contributed by atoms with Crippen LogP contribution in [0.25, 0.3) is 21.6 Å². The van der Waals surface area contributed by atoms with Crippen molar-refractivity contribution in [3.05, 3.63) is 35.7 Å². The van der Waals surface area contributed by atoms with Gasteiger partial charge in [-0.1, -0.05) is 18.2 Å². The quantitative estimate of drug-likeness (QED) is 0.724. The summed E-state index contributed by atoms with van der Waals surface area (Å²) < 4.78 is 0. The van der Waals surface area contributed by atoms with Gasteiger partial charge in [-0.2, -0.15) is 0 Å². The summed E-state index contributed by atoms with van der Waals surface area (Å²) in [7, 11) is 0. The van der Waals surface area contributed by atoms with E-state index in [2.05, 4.69) is 16.0 Å². The molecule has 0 unspecified atom stereocenters. The summed E-state index contributed by atoms with van der Waals surface area (Å²) in [5.41, 5.74) is 7.01. The summed E-state index contributed by atoms with van der Waals surface area (Å²) in [5, 5.41) is 2.92. The molecule has 0 fully saturated rings. The van der Waals surface area contributed by atoms with Crippen molar-refractivity contribution in [1.82, 2.24) is 9.97 Å². The summed E-state index contributed by atoms with van der Waals surface area (Å²) in [4.78, 5) is 11.1. The zero-order valence-electron chi connectivity index (χ0n) is 9.75. The Hall–Kier alpha value is -1.59. The van der Waals surface area contributed by atoms with E-state index in [-0.39, 0.29) is 0 Å². The zero-order chi connectivity index (χ0) is 12.5. The van der Waals surface area contributed by atoms with Crippen LogP contribution in [0, 0.1) is 0 Å². The first-order chi connectivity index (χ1) is 8.79. The fourth-order valence-corrected chi connectivity index (χ4v) is 3.19. The molecule has 0 spiro atoms. The number of nitrogens with zero attached hydrogens (tertiary/aromatic N) is 2. The number of nitrogens with two attached hydrogens (primary N) is 1. The van der Waals surface area contributed by atoms with Gasteiger partial charge in [-0.15, -0.1) is 23.1 Å². The average Bonchev–Trinajstić information content (AvgIpc) is 2.87. The van der Waals surface area contributed by atoms with E-state index in [0.29, 0.717) is 11.6 Å². The molecule has 1 aromatic carbocycles. The Morgan fingerprint density at radius 3 is 2.83 bits per heavy atom. The van der Waals surface area contributed by atoms with Gasteiger partial charge in [0.1, 0.15) is 10.6 Å². The molecule has 3 nitrogen and oxygen atoms in total. The molecular formula is C13H11N3S2. The van der Waals surface area contributed by atoms with Crippen LogP contribution in [-0.4, -0.2) is 16.2 Å². The van der Waals surface area contributed by atoms with Gasteiger partial charge < -0.3 is 5.73 Å². The van der Waals surface area contributed by atoms with Gasteiger partial charge >= 0.3 is 0 Å². The lowest BCUT2D eigenvalue weighted by Crippen LogP contribution is -1.96. The smallest absolute Gasteiger partial charge is 0.164 e. The highest BCUT2D eigenvalue weighted by atomic mass is 32.2. The van der Waals surface area contributed by atoms with Crippen LogP contribution < -0.4 is 5.73 Å². The number of aromatic nitrogens is 2. The average molecular weight is 273 g/mol.